The Kier molecular flexibility index (Phi) is 14.7. The van der Waals surface area contributed by atoms with Crippen LogP contribution in [0.25, 0.3) is 11.0 Å². The summed E-state index contributed by atoms with van der Waals surface area (Å²) in [5.74, 6) is 1.96. The number of fused-ring (bicyclic) bond motifs is 1. The van der Waals surface area contributed by atoms with Gasteiger partial charge in [0.1, 0.15) is 27.9 Å². The molecule has 2 aliphatic carbocycles. The Morgan fingerprint density at radius 3 is 2.45 bits per heavy atom. The molecule has 18 nitrogen and oxygen atoms in total. The van der Waals surface area contributed by atoms with Crippen LogP contribution < -0.4 is 29.1 Å². The van der Waals surface area contributed by atoms with E-state index >= 15 is 0 Å². The fraction of sp³-hybridized carbons (Fsp3) is 0.411. The van der Waals surface area contributed by atoms with E-state index in [4.69, 9.17) is 20.6 Å². The molecule has 398 valence electrons. The molecule has 6 aromatic rings. The summed E-state index contributed by atoms with van der Waals surface area (Å²) in [6, 6.07) is 24.1. The number of pyridine rings is 2. The fourth-order valence-electron chi connectivity index (χ4n) is 11.6. The minimum atomic E-state index is -4.75. The number of aliphatic hydroxyl groups is 1. The standard InChI is InChI=1S/C56H62FN9O9S/c1-5-38-8-6-7-9-43(38)48-35-63(34-37-10-13-41(73-3)14-11-37)24-25-65(48)40-29-56(30-40)20-22-64(23-21-56)39-12-15-44(49(26-39)75-50-28-45-46(57)33-60-51(45)61-54(50)74-4)53(67)62-76(71,72)42-27-47(66(69)70)52(59-32-42)58-31-36-16-18-55(2,68)19-17-36/h1,6-15,26-28,32-33,36,40,48,68H,16-25,29-31,34-35H2,2-4H3,(H,58,59)(H,60,61)(H,62,67)/t36?,48-,55?/m0/s1. The molecular formula is C56H62FN9O9S. The third kappa shape index (κ3) is 11.0. The molecule has 5 heterocycles. The third-order valence-corrected chi connectivity index (χ3v) is 17.3. The van der Waals surface area contributed by atoms with E-state index in [9.17, 15) is 32.8 Å². The van der Waals surface area contributed by atoms with E-state index in [-0.39, 0.29) is 57.2 Å². The lowest BCUT2D eigenvalue weighted by Crippen LogP contribution is -2.59. The predicted molar refractivity (Wildman–Crippen MR) is 285 cm³/mol. The number of rotatable bonds is 16. The smallest absolute Gasteiger partial charge is 0.312 e. The number of nitrogens with one attached hydrogen (secondary N) is 3. The number of halogens is 1. The van der Waals surface area contributed by atoms with Crippen molar-refractivity contribution in [3.05, 3.63) is 129 Å². The normalized spacial score (nSPS) is 21.1. The summed E-state index contributed by atoms with van der Waals surface area (Å²) >= 11 is 0. The number of aromatic amines is 1. The third-order valence-electron chi connectivity index (χ3n) is 16.0. The van der Waals surface area contributed by atoms with Crippen LogP contribution in [0.15, 0.2) is 96.2 Å². The molecule has 0 unspecified atom stereocenters. The van der Waals surface area contributed by atoms with Gasteiger partial charge in [0, 0.05) is 93.5 Å². The summed E-state index contributed by atoms with van der Waals surface area (Å²) in [5, 5.41) is 25.6. The molecule has 4 N–H and O–H groups in total. The lowest BCUT2D eigenvalue weighted by molar-refractivity contribution is -0.384. The van der Waals surface area contributed by atoms with Crippen molar-refractivity contribution in [2.75, 3.05) is 63.7 Å². The molecule has 1 atom stereocenters. The number of piperazine rings is 1. The van der Waals surface area contributed by atoms with Crippen molar-refractivity contribution in [1.82, 2.24) is 29.5 Å². The molecule has 10 rings (SSSR count). The Morgan fingerprint density at radius 1 is 0.987 bits per heavy atom. The van der Waals surface area contributed by atoms with Crippen LogP contribution in [-0.4, -0.2) is 114 Å². The van der Waals surface area contributed by atoms with Crippen molar-refractivity contribution in [3.63, 3.8) is 0 Å². The molecule has 3 aromatic carbocycles. The summed E-state index contributed by atoms with van der Waals surface area (Å²) in [6.07, 6.45) is 14.7. The number of piperidine rings is 1. The van der Waals surface area contributed by atoms with Crippen molar-refractivity contribution < 1.29 is 41.8 Å². The highest BCUT2D eigenvalue weighted by Crippen LogP contribution is 2.53. The van der Waals surface area contributed by atoms with E-state index in [0.717, 1.165) is 81.6 Å². The molecule has 76 heavy (non-hydrogen) atoms. The summed E-state index contributed by atoms with van der Waals surface area (Å²) in [4.78, 5) is 43.6. The van der Waals surface area contributed by atoms with Crippen molar-refractivity contribution in [1.29, 1.82) is 0 Å². The van der Waals surface area contributed by atoms with Crippen LogP contribution in [0.4, 0.5) is 21.6 Å². The average molecular weight is 1060 g/mol. The Hall–Kier alpha value is -7.31. The molecule has 2 saturated carbocycles. The molecule has 0 radical (unpaired) electrons. The van der Waals surface area contributed by atoms with Crippen molar-refractivity contribution >= 4 is 44.2 Å². The van der Waals surface area contributed by atoms with Gasteiger partial charge in [0.15, 0.2) is 5.75 Å². The number of sulfonamides is 1. The molecular weight excluding hydrogens is 994 g/mol. The number of methoxy groups -OCH3 is 2. The van der Waals surface area contributed by atoms with Crippen LogP contribution in [-0.2, 0) is 16.6 Å². The number of hydrogen-bond donors (Lipinski definition) is 4. The SMILES string of the molecule is C#Cc1ccccc1[C@@H]1CN(Cc2ccc(OC)cc2)CCN1C1CC2(CCN(c3ccc(C(=O)NS(=O)(=O)c4cnc(NCC5CCC(C)(O)CC5)c([N+](=O)[O-])c4)c(Oc4cc5c(F)c[nH]c5nc4OC)c3)CC2)C1. The quantitative estimate of drug-likeness (QED) is 0.0406. The minimum Gasteiger partial charge on any atom is -0.497 e. The molecule has 1 spiro atoms. The average Bonchev–Trinajstić information content (AvgIpc) is 3.78. The summed E-state index contributed by atoms with van der Waals surface area (Å²) < 4.78 is 61.9. The first kappa shape index (κ1) is 52.1. The number of aromatic nitrogens is 3. The van der Waals surface area contributed by atoms with Crippen LogP contribution in [0.2, 0.25) is 0 Å². The number of terminal acetylenes is 1. The number of carbonyl (C=O) groups is 1. The Balaban J connectivity index is 0.853. The zero-order chi connectivity index (χ0) is 53.4. The number of hydrogen-bond acceptors (Lipinski definition) is 15. The number of amides is 1. The number of benzene rings is 3. The van der Waals surface area contributed by atoms with Gasteiger partial charge in [0.05, 0.1) is 41.9 Å². The van der Waals surface area contributed by atoms with Gasteiger partial charge in [0.25, 0.3) is 21.8 Å². The van der Waals surface area contributed by atoms with Crippen LogP contribution in [0.3, 0.4) is 0 Å². The monoisotopic (exact) mass is 1060 g/mol. The van der Waals surface area contributed by atoms with Gasteiger partial charge in [-0.05, 0) is 111 Å². The maximum absolute atomic E-state index is 14.9. The van der Waals surface area contributed by atoms with Gasteiger partial charge >= 0.3 is 5.69 Å². The highest BCUT2D eigenvalue weighted by molar-refractivity contribution is 7.90. The van der Waals surface area contributed by atoms with Gasteiger partial charge in [-0.15, -0.1) is 6.42 Å². The van der Waals surface area contributed by atoms with E-state index in [1.807, 2.05) is 29.0 Å². The number of nitro groups is 1. The van der Waals surface area contributed by atoms with Gasteiger partial charge in [-0.25, -0.2) is 22.5 Å². The zero-order valence-electron chi connectivity index (χ0n) is 42.8. The van der Waals surface area contributed by atoms with E-state index in [0.29, 0.717) is 57.0 Å². The summed E-state index contributed by atoms with van der Waals surface area (Å²) in [6.45, 7) is 7.04. The Bertz CT molecular complexity index is 3280. The van der Waals surface area contributed by atoms with Crippen molar-refractivity contribution in [2.24, 2.45) is 11.3 Å². The van der Waals surface area contributed by atoms with E-state index < -0.39 is 42.9 Å². The van der Waals surface area contributed by atoms with Gasteiger partial charge in [-0.2, -0.15) is 4.98 Å². The highest BCUT2D eigenvalue weighted by Gasteiger charge is 2.50. The van der Waals surface area contributed by atoms with Crippen molar-refractivity contribution in [2.45, 2.75) is 87.4 Å². The van der Waals surface area contributed by atoms with Crippen LogP contribution in [0.1, 0.15) is 91.4 Å². The number of nitrogens with zero attached hydrogens (tertiary/aromatic N) is 6. The first-order valence-corrected chi connectivity index (χ1v) is 27.1. The summed E-state index contributed by atoms with van der Waals surface area (Å²) in [7, 11) is -1.71. The lowest BCUT2D eigenvalue weighted by Gasteiger charge is -2.58. The van der Waals surface area contributed by atoms with Crippen LogP contribution >= 0.6 is 0 Å². The second-order valence-electron chi connectivity index (χ2n) is 21.0. The fourth-order valence-corrected chi connectivity index (χ4v) is 12.5. The van der Waals surface area contributed by atoms with Crippen LogP contribution in [0, 0.1) is 39.6 Å². The van der Waals surface area contributed by atoms with Crippen molar-refractivity contribution in [3.8, 4) is 35.5 Å². The van der Waals surface area contributed by atoms with Gasteiger partial charge in [-0.3, -0.25) is 24.7 Å². The minimum absolute atomic E-state index is 0.0238. The second kappa shape index (κ2) is 21.4. The predicted octanol–water partition coefficient (Wildman–Crippen LogP) is 8.58. The Labute approximate surface area is 441 Å². The van der Waals surface area contributed by atoms with Gasteiger partial charge < -0.3 is 34.5 Å². The molecule has 20 heteroatoms. The molecule has 4 fully saturated rings. The Morgan fingerprint density at radius 2 is 1.74 bits per heavy atom. The van der Waals surface area contributed by atoms with E-state index in [2.05, 4.69) is 65.2 Å². The maximum Gasteiger partial charge on any atom is 0.312 e. The molecule has 3 aromatic heterocycles. The highest BCUT2D eigenvalue weighted by atomic mass is 32.2. The molecule has 2 aliphatic heterocycles. The van der Waals surface area contributed by atoms with Crippen LogP contribution in [0.5, 0.6) is 23.1 Å². The van der Waals surface area contributed by atoms with Gasteiger partial charge in [0.2, 0.25) is 5.82 Å². The second-order valence-corrected chi connectivity index (χ2v) is 22.7. The maximum atomic E-state index is 14.9. The van der Waals surface area contributed by atoms with Gasteiger partial charge in [-0.1, -0.05) is 36.3 Å². The van der Waals surface area contributed by atoms with E-state index in [1.165, 1.54) is 30.4 Å². The number of anilines is 2. The lowest BCUT2D eigenvalue weighted by atomic mass is 9.59. The molecule has 0 bridgehead atoms. The van der Waals surface area contributed by atoms with E-state index in [1.54, 1.807) is 26.2 Å². The first-order valence-electron chi connectivity index (χ1n) is 25.7. The number of ether oxygens (including phenoxy) is 3. The first-order chi connectivity index (χ1) is 36.5. The zero-order valence-corrected chi connectivity index (χ0v) is 43.6. The molecule has 2 saturated heterocycles. The molecule has 1 amide bonds. The topological polar surface area (TPSA) is 218 Å². The largest absolute Gasteiger partial charge is 0.497 e. The molecule has 4 aliphatic rings. The number of carbonyl (C=O) groups excluding carboxylic acids is 1. The summed E-state index contributed by atoms with van der Waals surface area (Å²) in [5.41, 5.74) is 2.82. The number of H-pyrrole nitrogens is 1.